The van der Waals surface area contributed by atoms with Crippen LogP contribution in [0.3, 0.4) is 0 Å². The topological polar surface area (TPSA) is 57.1 Å². The standard InChI is InChI=1S/C10H21NO4Si/c1-5-8-10(4)15-16(11-9-12,13-6-2)14-7-3/h10H,5-8H2,1-4H3. The van der Waals surface area contributed by atoms with Gasteiger partial charge in [0.15, 0.2) is 0 Å². The molecule has 0 bridgehead atoms. The van der Waals surface area contributed by atoms with Gasteiger partial charge in [0.25, 0.3) is 0 Å². The molecule has 0 aromatic heterocycles. The summed E-state index contributed by atoms with van der Waals surface area (Å²) in [5, 5.41) is 0. The third-order valence-corrected chi connectivity index (χ3v) is 4.25. The highest BCUT2D eigenvalue weighted by molar-refractivity contribution is 6.59. The molecule has 94 valence electrons. The maximum Gasteiger partial charge on any atom is 0.663 e. The first-order chi connectivity index (χ1) is 7.64. The van der Waals surface area contributed by atoms with Crippen molar-refractivity contribution in [1.82, 2.24) is 0 Å². The smallest absolute Gasteiger partial charge is 0.355 e. The maximum absolute atomic E-state index is 10.4. The van der Waals surface area contributed by atoms with Crippen LogP contribution in [-0.4, -0.2) is 34.4 Å². The number of nitrogens with zero attached hydrogens (tertiary/aromatic N) is 1. The molecular formula is C10H21NO4Si. The van der Waals surface area contributed by atoms with Crippen molar-refractivity contribution < 1.29 is 18.1 Å². The molecule has 0 radical (unpaired) electrons. The van der Waals surface area contributed by atoms with E-state index in [1.165, 1.54) is 6.08 Å². The molecule has 0 rings (SSSR count). The highest BCUT2D eigenvalue weighted by Gasteiger charge is 2.44. The van der Waals surface area contributed by atoms with E-state index in [0.717, 1.165) is 12.8 Å². The first-order valence-electron chi connectivity index (χ1n) is 5.68. The zero-order chi connectivity index (χ0) is 12.4. The molecule has 0 spiro atoms. The minimum atomic E-state index is -3.19. The second-order valence-corrected chi connectivity index (χ2v) is 5.39. The Morgan fingerprint density at radius 3 is 2.19 bits per heavy atom. The molecule has 5 nitrogen and oxygen atoms in total. The summed E-state index contributed by atoms with van der Waals surface area (Å²) in [6, 6.07) is 0. The summed E-state index contributed by atoms with van der Waals surface area (Å²) in [5.41, 5.74) is 0. The van der Waals surface area contributed by atoms with Gasteiger partial charge in [-0.1, -0.05) is 13.3 Å². The summed E-state index contributed by atoms with van der Waals surface area (Å²) >= 11 is 0. The number of hydrogen-bond donors (Lipinski definition) is 0. The Balaban J connectivity index is 4.64. The van der Waals surface area contributed by atoms with E-state index in [9.17, 15) is 4.79 Å². The van der Waals surface area contributed by atoms with E-state index in [1.807, 2.05) is 20.8 Å². The molecule has 0 fully saturated rings. The fourth-order valence-corrected chi connectivity index (χ4v) is 3.21. The van der Waals surface area contributed by atoms with Crippen LogP contribution in [0.4, 0.5) is 0 Å². The molecule has 0 aliphatic heterocycles. The van der Waals surface area contributed by atoms with Crippen LogP contribution >= 0.6 is 0 Å². The van der Waals surface area contributed by atoms with Crippen molar-refractivity contribution >= 4 is 15.0 Å². The van der Waals surface area contributed by atoms with Crippen molar-refractivity contribution in [3.63, 3.8) is 0 Å². The molecule has 0 aliphatic carbocycles. The highest BCUT2D eigenvalue weighted by Crippen LogP contribution is 2.16. The number of rotatable bonds is 9. The monoisotopic (exact) mass is 247 g/mol. The predicted molar refractivity (Wildman–Crippen MR) is 62.6 cm³/mol. The average Bonchev–Trinajstić information content (AvgIpc) is 2.18. The first-order valence-corrected chi connectivity index (χ1v) is 7.36. The van der Waals surface area contributed by atoms with Crippen LogP contribution in [0.25, 0.3) is 0 Å². The fourth-order valence-electron chi connectivity index (χ4n) is 1.34. The molecule has 0 heterocycles. The van der Waals surface area contributed by atoms with Gasteiger partial charge in [-0.3, -0.25) is 0 Å². The van der Waals surface area contributed by atoms with Crippen LogP contribution in [0.1, 0.15) is 40.5 Å². The summed E-state index contributed by atoms with van der Waals surface area (Å²) in [6.07, 6.45) is 3.33. The SMILES string of the molecule is CCCC(C)O[Si](N=C=O)(OCC)OCC. The number of isocyanates is 1. The summed E-state index contributed by atoms with van der Waals surface area (Å²) in [6.45, 7) is 8.41. The van der Waals surface area contributed by atoms with Crippen molar-refractivity contribution in [3.05, 3.63) is 0 Å². The molecule has 0 aromatic rings. The molecule has 1 unspecified atom stereocenters. The van der Waals surface area contributed by atoms with Crippen LogP contribution in [0.15, 0.2) is 4.66 Å². The van der Waals surface area contributed by atoms with E-state index in [-0.39, 0.29) is 6.10 Å². The molecule has 0 aliphatic rings. The second-order valence-electron chi connectivity index (χ2n) is 3.31. The van der Waals surface area contributed by atoms with Gasteiger partial charge in [0, 0.05) is 19.3 Å². The van der Waals surface area contributed by atoms with Gasteiger partial charge in [-0.15, -0.1) is 0 Å². The van der Waals surface area contributed by atoms with Gasteiger partial charge in [-0.2, -0.15) is 4.66 Å². The quantitative estimate of drug-likeness (QED) is 0.355. The lowest BCUT2D eigenvalue weighted by atomic mass is 10.2. The van der Waals surface area contributed by atoms with E-state index < -0.39 is 8.97 Å². The van der Waals surface area contributed by atoms with Crippen LogP contribution in [0.2, 0.25) is 0 Å². The predicted octanol–water partition coefficient (Wildman–Crippen LogP) is 2.04. The Bertz CT molecular complexity index is 225. The van der Waals surface area contributed by atoms with Gasteiger partial charge in [-0.05, 0) is 27.2 Å². The summed E-state index contributed by atoms with van der Waals surface area (Å²) in [5.74, 6) is 0. The number of hydrogen-bond acceptors (Lipinski definition) is 5. The lowest BCUT2D eigenvalue weighted by Gasteiger charge is -2.25. The van der Waals surface area contributed by atoms with Gasteiger partial charge in [0.2, 0.25) is 6.08 Å². The maximum atomic E-state index is 10.4. The lowest BCUT2D eigenvalue weighted by Crippen LogP contribution is -2.46. The lowest BCUT2D eigenvalue weighted by molar-refractivity contribution is 0.0368. The second kappa shape index (κ2) is 8.61. The minimum Gasteiger partial charge on any atom is -0.355 e. The van der Waals surface area contributed by atoms with Gasteiger partial charge in [0.05, 0.1) is 0 Å². The Labute approximate surface area is 98.3 Å². The molecule has 0 aromatic carbocycles. The fraction of sp³-hybridized carbons (Fsp3) is 0.900. The molecule has 16 heavy (non-hydrogen) atoms. The van der Waals surface area contributed by atoms with Crippen molar-refractivity contribution in [2.24, 2.45) is 4.66 Å². The van der Waals surface area contributed by atoms with Gasteiger partial charge in [0.1, 0.15) is 0 Å². The average molecular weight is 247 g/mol. The molecule has 0 N–H and O–H groups in total. The summed E-state index contributed by atoms with van der Waals surface area (Å²) < 4.78 is 20.1. The van der Waals surface area contributed by atoms with E-state index in [0.29, 0.717) is 13.2 Å². The molecular weight excluding hydrogens is 226 g/mol. The molecule has 0 saturated heterocycles. The molecule has 1 atom stereocenters. The van der Waals surface area contributed by atoms with Crippen LogP contribution in [0, 0.1) is 0 Å². The van der Waals surface area contributed by atoms with E-state index >= 15 is 0 Å². The minimum absolute atomic E-state index is 0.0353. The van der Waals surface area contributed by atoms with Gasteiger partial charge < -0.3 is 13.3 Å². The van der Waals surface area contributed by atoms with Crippen molar-refractivity contribution in [3.8, 4) is 0 Å². The zero-order valence-electron chi connectivity index (χ0n) is 10.5. The zero-order valence-corrected chi connectivity index (χ0v) is 11.5. The normalized spacial score (nSPS) is 13.2. The Hall–Kier alpha value is -0.523. The molecule has 6 heteroatoms. The third kappa shape index (κ3) is 5.53. The van der Waals surface area contributed by atoms with Gasteiger partial charge >= 0.3 is 8.97 Å². The Morgan fingerprint density at radius 2 is 1.81 bits per heavy atom. The van der Waals surface area contributed by atoms with Crippen LogP contribution in [0.5, 0.6) is 0 Å². The van der Waals surface area contributed by atoms with E-state index in [2.05, 4.69) is 11.6 Å². The van der Waals surface area contributed by atoms with E-state index in [4.69, 9.17) is 13.3 Å². The van der Waals surface area contributed by atoms with Gasteiger partial charge in [-0.25, -0.2) is 4.79 Å². The van der Waals surface area contributed by atoms with Crippen molar-refractivity contribution in [2.45, 2.75) is 46.6 Å². The molecule has 0 amide bonds. The summed E-state index contributed by atoms with van der Waals surface area (Å²) in [7, 11) is -3.19. The van der Waals surface area contributed by atoms with Crippen LogP contribution < -0.4 is 0 Å². The largest absolute Gasteiger partial charge is 0.663 e. The van der Waals surface area contributed by atoms with Crippen molar-refractivity contribution in [1.29, 1.82) is 0 Å². The Morgan fingerprint density at radius 1 is 1.25 bits per heavy atom. The number of carbonyl (C=O) groups excluding carboxylic acids is 1. The summed E-state index contributed by atoms with van der Waals surface area (Å²) in [4.78, 5) is 10.4. The Kier molecular flexibility index (Phi) is 8.33. The van der Waals surface area contributed by atoms with Crippen molar-refractivity contribution in [2.75, 3.05) is 13.2 Å². The highest BCUT2D eigenvalue weighted by atomic mass is 28.4. The molecule has 0 saturated carbocycles. The van der Waals surface area contributed by atoms with Crippen LogP contribution in [-0.2, 0) is 18.1 Å². The first kappa shape index (κ1) is 15.5. The van der Waals surface area contributed by atoms with E-state index in [1.54, 1.807) is 0 Å². The third-order valence-electron chi connectivity index (χ3n) is 1.88.